The van der Waals surface area contributed by atoms with Gasteiger partial charge in [-0.25, -0.2) is 4.98 Å². The SMILES string of the molecule is Cc1nc(N)sc1C(=O)NCCC(=O)NC(C)C. The second-order valence-electron chi connectivity index (χ2n) is 4.19. The summed E-state index contributed by atoms with van der Waals surface area (Å²) >= 11 is 1.15. The molecule has 1 aromatic heterocycles. The number of aryl methyl sites for hydroxylation is 1. The summed E-state index contributed by atoms with van der Waals surface area (Å²) in [4.78, 5) is 27.6. The van der Waals surface area contributed by atoms with E-state index in [4.69, 9.17) is 5.73 Å². The lowest BCUT2D eigenvalue weighted by Crippen LogP contribution is -2.34. The summed E-state index contributed by atoms with van der Waals surface area (Å²) in [6.07, 6.45) is 0.261. The molecular formula is C11H18N4O2S. The Bertz CT molecular complexity index is 442. The van der Waals surface area contributed by atoms with Gasteiger partial charge in [0.15, 0.2) is 5.13 Å². The first-order valence-electron chi connectivity index (χ1n) is 5.70. The van der Waals surface area contributed by atoms with E-state index in [0.29, 0.717) is 22.2 Å². The number of nitrogens with zero attached hydrogens (tertiary/aromatic N) is 1. The lowest BCUT2D eigenvalue weighted by Gasteiger charge is -2.08. The van der Waals surface area contributed by atoms with E-state index in [0.717, 1.165) is 11.3 Å². The van der Waals surface area contributed by atoms with Gasteiger partial charge in [-0.15, -0.1) is 0 Å². The largest absolute Gasteiger partial charge is 0.375 e. The number of nitrogens with two attached hydrogens (primary N) is 1. The average Bonchev–Trinajstić information content (AvgIpc) is 2.56. The van der Waals surface area contributed by atoms with Crippen LogP contribution >= 0.6 is 11.3 Å². The number of anilines is 1. The van der Waals surface area contributed by atoms with E-state index in [2.05, 4.69) is 15.6 Å². The van der Waals surface area contributed by atoms with Gasteiger partial charge in [-0.05, 0) is 20.8 Å². The molecule has 0 atom stereocenters. The second kappa shape index (κ2) is 6.34. The van der Waals surface area contributed by atoms with Crippen molar-refractivity contribution in [3.63, 3.8) is 0 Å². The van der Waals surface area contributed by atoms with Gasteiger partial charge in [-0.1, -0.05) is 11.3 Å². The van der Waals surface area contributed by atoms with Gasteiger partial charge < -0.3 is 16.4 Å². The first kappa shape index (κ1) is 14.4. The molecular weight excluding hydrogens is 252 g/mol. The zero-order chi connectivity index (χ0) is 13.7. The van der Waals surface area contributed by atoms with Crippen LogP contribution in [0.25, 0.3) is 0 Å². The van der Waals surface area contributed by atoms with Crippen LogP contribution in [-0.2, 0) is 4.79 Å². The zero-order valence-electron chi connectivity index (χ0n) is 10.7. The maximum absolute atomic E-state index is 11.8. The van der Waals surface area contributed by atoms with Crippen LogP contribution in [0.15, 0.2) is 0 Å². The predicted molar refractivity (Wildman–Crippen MR) is 71.5 cm³/mol. The monoisotopic (exact) mass is 270 g/mol. The fraction of sp³-hybridized carbons (Fsp3) is 0.545. The van der Waals surface area contributed by atoms with Crippen molar-refractivity contribution >= 4 is 28.3 Å². The van der Waals surface area contributed by atoms with Crippen molar-refractivity contribution in [3.8, 4) is 0 Å². The molecule has 4 N–H and O–H groups in total. The highest BCUT2D eigenvalue weighted by atomic mass is 32.1. The molecule has 0 aliphatic rings. The Balaban J connectivity index is 2.38. The van der Waals surface area contributed by atoms with Crippen molar-refractivity contribution in [2.24, 2.45) is 0 Å². The molecule has 0 radical (unpaired) electrons. The number of hydrogen-bond acceptors (Lipinski definition) is 5. The van der Waals surface area contributed by atoms with Crippen LogP contribution in [0.3, 0.4) is 0 Å². The molecule has 100 valence electrons. The standard InChI is InChI=1S/C11H18N4O2S/c1-6(2)14-8(16)4-5-13-10(17)9-7(3)15-11(12)18-9/h6H,4-5H2,1-3H3,(H2,12,15)(H,13,17)(H,14,16). The molecule has 18 heavy (non-hydrogen) atoms. The Morgan fingerprint density at radius 2 is 2.11 bits per heavy atom. The van der Waals surface area contributed by atoms with E-state index < -0.39 is 0 Å². The van der Waals surface area contributed by atoms with Crippen LogP contribution in [0.5, 0.6) is 0 Å². The molecule has 0 aliphatic heterocycles. The molecule has 0 aliphatic carbocycles. The highest BCUT2D eigenvalue weighted by Crippen LogP contribution is 2.19. The normalized spacial score (nSPS) is 10.4. The molecule has 1 heterocycles. The number of carbonyl (C=O) groups is 2. The summed E-state index contributed by atoms with van der Waals surface area (Å²) in [6, 6.07) is 0.108. The zero-order valence-corrected chi connectivity index (χ0v) is 11.6. The molecule has 2 amide bonds. The quantitative estimate of drug-likeness (QED) is 0.733. The van der Waals surface area contributed by atoms with Gasteiger partial charge in [-0.2, -0.15) is 0 Å². The average molecular weight is 270 g/mol. The van der Waals surface area contributed by atoms with E-state index in [1.54, 1.807) is 6.92 Å². The predicted octanol–water partition coefficient (Wildman–Crippen LogP) is 0.678. The number of amides is 2. The molecule has 0 fully saturated rings. The lowest BCUT2D eigenvalue weighted by molar-refractivity contribution is -0.121. The van der Waals surface area contributed by atoms with Gasteiger partial charge in [0, 0.05) is 19.0 Å². The summed E-state index contributed by atoms with van der Waals surface area (Å²) in [5, 5.41) is 5.79. The topological polar surface area (TPSA) is 97.1 Å². The molecule has 0 saturated carbocycles. The Morgan fingerprint density at radius 1 is 1.44 bits per heavy atom. The minimum Gasteiger partial charge on any atom is -0.375 e. The lowest BCUT2D eigenvalue weighted by atomic mass is 10.3. The second-order valence-corrected chi connectivity index (χ2v) is 5.23. The van der Waals surface area contributed by atoms with Crippen LogP contribution < -0.4 is 16.4 Å². The number of nitrogen functional groups attached to an aromatic ring is 1. The maximum atomic E-state index is 11.8. The summed E-state index contributed by atoms with van der Waals surface area (Å²) in [6.45, 7) is 5.81. The Morgan fingerprint density at radius 3 is 2.61 bits per heavy atom. The van der Waals surface area contributed by atoms with Crippen LogP contribution in [0.1, 0.15) is 35.6 Å². The minimum absolute atomic E-state index is 0.0779. The van der Waals surface area contributed by atoms with Gasteiger partial charge >= 0.3 is 0 Å². The third-order valence-electron chi connectivity index (χ3n) is 2.11. The molecule has 7 heteroatoms. The molecule has 0 aromatic carbocycles. The number of hydrogen-bond donors (Lipinski definition) is 3. The molecule has 0 spiro atoms. The van der Waals surface area contributed by atoms with Gasteiger partial charge in [0.25, 0.3) is 5.91 Å². The van der Waals surface area contributed by atoms with Crippen molar-refractivity contribution in [1.82, 2.24) is 15.6 Å². The van der Waals surface area contributed by atoms with Crippen molar-refractivity contribution < 1.29 is 9.59 Å². The Kier molecular flexibility index (Phi) is 5.08. The maximum Gasteiger partial charge on any atom is 0.263 e. The summed E-state index contributed by atoms with van der Waals surface area (Å²) in [5.41, 5.74) is 6.12. The summed E-state index contributed by atoms with van der Waals surface area (Å²) in [7, 11) is 0. The molecule has 0 bridgehead atoms. The van der Waals surface area contributed by atoms with Crippen molar-refractivity contribution in [2.75, 3.05) is 12.3 Å². The van der Waals surface area contributed by atoms with Gasteiger partial charge in [0.05, 0.1) is 5.69 Å². The van der Waals surface area contributed by atoms with E-state index in [9.17, 15) is 9.59 Å². The number of rotatable bonds is 5. The number of aromatic nitrogens is 1. The van der Waals surface area contributed by atoms with Crippen molar-refractivity contribution in [1.29, 1.82) is 0 Å². The van der Waals surface area contributed by atoms with Crippen molar-refractivity contribution in [3.05, 3.63) is 10.6 Å². The molecule has 1 rings (SSSR count). The Hall–Kier alpha value is -1.63. The number of carbonyl (C=O) groups excluding carboxylic acids is 2. The molecule has 1 aromatic rings. The molecule has 0 unspecified atom stereocenters. The fourth-order valence-corrected chi connectivity index (χ4v) is 2.14. The van der Waals surface area contributed by atoms with Crippen LogP contribution in [0.4, 0.5) is 5.13 Å². The first-order chi connectivity index (χ1) is 8.40. The number of thiazole rings is 1. The minimum atomic E-state index is -0.237. The van der Waals surface area contributed by atoms with Gasteiger partial charge in [-0.3, -0.25) is 9.59 Å². The van der Waals surface area contributed by atoms with Crippen molar-refractivity contribution in [2.45, 2.75) is 33.2 Å². The van der Waals surface area contributed by atoms with Crippen LogP contribution in [-0.4, -0.2) is 29.4 Å². The third kappa shape index (κ3) is 4.33. The summed E-state index contributed by atoms with van der Waals surface area (Å²) < 4.78 is 0. The first-order valence-corrected chi connectivity index (χ1v) is 6.52. The van der Waals surface area contributed by atoms with Crippen LogP contribution in [0.2, 0.25) is 0 Å². The highest BCUT2D eigenvalue weighted by Gasteiger charge is 2.14. The van der Waals surface area contributed by atoms with E-state index in [-0.39, 0.29) is 24.3 Å². The van der Waals surface area contributed by atoms with E-state index in [1.165, 1.54) is 0 Å². The van der Waals surface area contributed by atoms with E-state index >= 15 is 0 Å². The smallest absolute Gasteiger partial charge is 0.263 e. The van der Waals surface area contributed by atoms with Gasteiger partial charge in [0.1, 0.15) is 4.88 Å². The van der Waals surface area contributed by atoms with E-state index in [1.807, 2.05) is 13.8 Å². The summed E-state index contributed by atoms with van der Waals surface area (Å²) in [5.74, 6) is -0.315. The third-order valence-corrected chi connectivity index (χ3v) is 3.09. The fourth-order valence-electron chi connectivity index (χ4n) is 1.39. The van der Waals surface area contributed by atoms with Crippen LogP contribution in [0, 0.1) is 6.92 Å². The molecule has 6 nitrogen and oxygen atoms in total. The van der Waals surface area contributed by atoms with Gasteiger partial charge in [0.2, 0.25) is 5.91 Å². The molecule has 0 saturated heterocycles. The Labute approximate surface area is 110 Å². The highest BCUT2D eigenvalue weighted by molar-refractivity contribution is 7.17. The number of nitrogens with one attached hydrogen (secondary N) is 2.